The highest BCUT2D eigenvalue weighted by molar-refractivity contribution is 7.15. The van der Waals surface area contributed by atoms with E-state index in [2.05, 4.69) is 48.6 Å². The fourth-order valence-electron chi connectivity index (χ4n) is 2.10. The van der Waals surface area contributed by atoms with E-state index < -0.39 is 0 Å². The van der Waals surface area contributed by atoms with Crippen molar-refractivity contribution in [3.8, 4) is 10.4 Å². The maximum Gasteiger partial charge on any atom is 0.0346 e. The van der Waals surface area contributed by atoms with Crippen LogP contribution in [0, 0.1) is 0 Å². The van der Waals surface area contributed by atoms with Gasteiger partial charge in [0, 0.05) is 22.3 Å². The molecule has 0 amide bonds. The van der Waals surface area contributed by atoms with Crippen molar-refractivity contribution in [1.82, 2.24) is 5.32 Å². The second kappa shape index (κ2) is 5.25. The van der Waals surface area contributed by atoms with Gasteiger partial charge in [-0.2, -0.15) is 0 Å². The molecule has 1 fully saturated rings. The molecule has 0 spiro atoms. The average Bonchev–Trinajstić information content (AvgIpc) is 3.13. The first kappa shape index (κ1) is 11.9. The second-order valence-corrected chi connectivity index (χ2v) is 6.14. The van der Waals surface area contributed by atoms with Gasteiger partial charge in [0.05, 0.1) is 0 Å². The smallest absolute Gasteiger partial charge is 0.0346 e. The summed E-state index contributed by atoms with van der Waals surface area (Å²) in [4.78, 5) is 2.83. The lowest BCUT2D eigenvalue weighted by molar-refractivity contribution is 0.695. The maximum atomic E-state index is 3.57. The number of hydrogen-bond donors (Lipinski definition) is 1. The zero-order valence-corrected chi connectivity index (χ0v) is 11.6. The lowest BCUT2D eigenvalue weighted by Crippen LogP contribution is -2.14. The first-order chi connectivity index (χ1) is 8.85. The molecular formula is C16H19NS. The van der Waals surface area contributed by atoms with E-state index in [1.807, 2.05) is 11.3 Å². The van der Waals surface area contributed by atoms with Crippen molar-refractivity contribution in [2.75, 3.05) is 0 Å². The van der Waals surface area contributed by atoms with Crippen LogP contribution in [0.15, 0.2) is 36.4 Å². The predicted molar refractivity (Wildman–Crippen MR) is 79.0 cm³/mol. The van der Waals surface area contributed by atoms with Crippen LogP contribution in [0.3, 0.4) is 0 Å². The van der Waals surface area contributed by atoms with Crippen LogP contribution in [0.1, 0.15) is 30.2 Å². The lowest BCUT2D eigenvalue weighted by atomic mass is 10.1. The third-order valence-corrected chi connectivity index (χ3v) is 4.56. The van der Waals surface area contributed by atoms with Crippen LogP contribution in [0.2, 0.25) is 0 Å². The Morgan fingerprint density at radius 2 is 2.11 bits per heavy atom. The van der Waals surface area contributed by atoms with E-state index >= 15 is 0 Å². The van der Waals surface area contributed by atoms with Crippen LogP contribution in [0.25, 0.3) is 10.4 Å². The van der Waals surface area contributed by atoms with Gasteiger partial charge in [-0.1, -0.05) is 31.2 Å². The maximum absolute atomic E-state index is 3.57. The van der Waals surface area contributed by atoms with Crippen LogP contribution in [-0.2, 0) is 13.0 Å². The minimum atomic E-state index is 0.791. The molecule has 1 N–H and O–H groups in total. The van der Waals surface area contributed by atoms with Gasteiger partial charge in [-0.3, -0.25) is 0 Å². The van der Waals surface area contributed by atoms with Crippen LogP contribution >= 0.6 is 11.3 Å². The van der Waals surface area contributed by atoms with E-state index in [1.54, 1.807) is 0 Å². The van der Waals surface area contributed by atoms with Crippen molar-refractivity contribution < 1.29 is 0 Å². The molecule has 1 nitrogen and oxygen atoms in total. The number of thiophene rings is 1. The van der Waals surface area contributed by atoms with Crippen LogP contribution in [0.4, 0.5) is 0 Å². The van der Waals surface area contributed by atoms with E-state index in [-0.39, 0.29) is 0 Å². The Bertz CT molecular complexity index is 525. The lowest BCUT2D eigenvalue weighted by Gasteiger charge is -2.01. The van der Waals surface area contributed by atoms with Crippen molar-refractivity contribution in [3.05, 3.63) is 46.8 Å². The Hall–Kier alpha value is -1.12. The molecule has 1 aromatic heterocycles. The predicted octanol–water partition coefficient (Wildman–Crippen LogP) is 4.23. The largest absolute Gasteiger partial charge is 0.309 e. The first-order valence-electron chi connectivity index (χ1n) is 6.76. The third-order valence-electron chi connectivity index (χ3n) is 3.42. The Kier molecular flexibility index (Phi) is 3.48. The van der Waals surface area contributed by atoms with Gasteiger partial charge in [0.2, 0.25) is 0 Å². The van der Waals surface area contributed by atoms with E-state index in [0.717, 1.165) is 19.0 Å². The summed E-state index contributed by atoms with van der Waals surface area (Å²) in [7, 11) is 0. The molecular weight excluding hydrogens is 238 g/mol. The molecule has 2 heteroatoms. The molecule has 0 aliphatic heterocycles. The normalized spacial score (nSPS) is 14.9. The van der Waals surface area contributed by atoms with Gasteiger partial charge >= 0.3 is 0 Å². The van der Waals surface area contributed by atoms with Crippen LogP contribution in [-0.4, -0.2) is 6.04 Å². The molecule has 2 aromatic rings. The summed E-state index contributed by atoms with van der Waals surface area (Å²) in [5.41, 5.74) is 2.77. The van der Waals surface area contributed by atoms with E-state index in [0.29, 0.717) is 0 Å². The Balaban J connectivity index is 1.74. The summed E-state index contributed by atoms with van der Waals surface area (Å²) < 4.78 is 0. The van der Waals surface area contributed by atoms with Gasteiger partial charge in [0.15, 0.2) is 0 Å². The zero-order chi connectivity index (χ0) is 12.4. The SMILES string of the molecule is CCc1cccc(-c2ccc(CNC3CC3)s2)c1. The Labute approximate surface area is 113 Å². The molecule has 0 radical (unpaired) electrons. The summed E-state index contributed by atoms with van der Waals surface area (Å²) in [5, 5.41) is 3.57. The summed E-state index contributed by atoms with van der Waals surface area (Å²) in [5.74, 6) is 0. The van der Waals surface area contributed by atoms with Gasteiger partial charge in [-0.25, -0.2) is 0 Å². The van der Waals surface area contributed by atoms with Gasteiger partial charge in [-0.15, -0.1) is 11.3 Å². The second-order valence-electron chi connectivity index (χ2n) is 4.98. The molecule has 18 heavy (non-hydrogen) atoms. The number of nitrogens with one attached hydrogen (secondary N) is 1. The first-order valence-corrected chi connectivity index (χ1v) is 7.58. The summed E-state index contributed by atoms with van der Waals surface area (Å²) in [6.07, 6.45) is 3.82. The molecule has 0 unspecified atom stereocenters. The fourth-order valence-corrected chi connectivity index (χ4v) is 3.06. The van der Waals surface area contributed by atoms with Crippen molar-refractivity contribution in [2.45, 2.75) is 38.8 Å². The molecule has 0 bridgehead atoms. The highest BCUT2D eigenvalue weighted by atomic mass is 32.1. The van der Waals surface area contributed by atoms with Gasteiger partial charge in [-0.05, 0) is 42.5 Å². The number of aryl methyl sites for hydroxylation is 1. The average molecular weight is 257 g/mol. The third kappa shape index (κ3) is 2.82. The Morgan fingerprint density at radius 3 is 2.89 bits per heavy atom. The van der Waals surface area contributed by atoms with Gasteiger partial charge < -0.3 is 5.32 Å². The van der Waals surface area contributed by atoms with E-state index in [1.165, 1.54) is 33.7 Å². The van der Waals surface area contributed by atoms with Gasteiger partial charge in [0.25, 0.3) is 0 Å². The minimum Gasteiger partial charge on any atom is -0.309 e. The fraction of sp³-hybridized carbons (Fsp3) is 0.375. The van der Waals surface area contributed by atoms with Crippen molar-refractivity contribution in [1.29, 1.82) is 0 Å². The van der Waals surface area contributed by atoms with E-state index in [4.69, 9.17) is 0 Å². The van der Waals surface area contributed by atoms with Crippen molar-refractivity contribution >= 4 is 11.3 Å². The molecule has 0 saturated heterocycles. The van der Waals surface area contributed by atoms with E-state index in [9.17, 15) is 0 Å². The topological polar surface area (TPSA) is 12.0 Å². The van der Waals surface area contributed by atoms with Crippen LogP contribution in [0.5, 0.6) is 0 Å². The molecule has 1 aliphatic rings. The number of rotatable bonds is 5. The number of benzene rings is 1. The minimum absolute atomic E-state index is 0.791. The highest BCUT2D eigenvalue weighted by Crippen LogP contribution is 2.29. The molecule has 1 saturated carbocycles. The summed E-state index contributed by atoms with van der Waals surface area (Å²) in [6, 6.07) is 14.2. The molecule has 1 aliphatic carbocycles. The standard InChI is InChI=1S/C16H19NS/c1-2-12-4-3-5-13(10-12)16-9-8-15(18-16)11-17-14-6-7-14/h3-5,8-10,14,17H,2,6-7,11H2,1H3. The molecule has 3 rings (SSSR count). The molecule has 0 atom stereocenters. The molecule has 1 aromatic carbocycles. The number of hydrogen-bond acceptors (Lipinski definition) is 2. The summed E-state index contributed by atoms with van der Waals surface area (Å²) >= 11 is 1.91. The molecule has 1 heterocycles. The monoisotopic (exact) mass is 257 g/mol. The van der Waals surface area contributed by atoms with Gasteiger partial charge in [0.1, 0.15) is 0 Å². The quantitative estimate of drug-likeness (QED) is 0.845. The molecule has 94 valence electrons. The van der Waals surface area contributed by atoms with Crippen LogP contribution < -0.4 is 5.32 Å². The summed E-state index contributed by atoms with van der Waals surface area (Å²) in [6.45, 7) is 3.24. The Morgan fingerprint density at radius 1 is 1.22 bits per heavy atom. The highest BCUT2D eigenvalue weighted by Gasteiger charge is 2.20. The van der Waals surface area contributed by atoms with Crippen molar-refractivity contribution in [3.63, 3.8) is 0 Å². The van der Waals surface area contributed by atoms with Crippen molar-refractivity contribution in [2.24, 2.45) is 0 Å². The zero-order valence-electron chi connectivity index (χ0n) is 10.8.